The van der Waals surface area contributed by atoms with Gasteiger partial charge in [-0.2, -0.15) is 0 Å². The second-order valence-electron chi connectivity index (χ2n) is 5.50. The van der Waals surface area contributed by atoms with Gasteiger partial charge in [0.05, 0.1) is 6.54 Å². The van der Waals surface area contributed by atoms with Crippen molar-refractivity contribution in [2.45, 2.75) is 40.0 Å². The number of rotatable bonds is 8. The molecule has 2 rings (SSSR count). The molecule has 0 aliphatic rings. The summed E-state index contributed by atoms with van der Waals surface area (Å²) in [6.07, 6.45) is 1.55. The lowest BCUT2D eigenvalue weighted by Gasteiger charge is -2.17. The number of halogens is 1. The van der Waals surface area contributed by atoms with Crippen molar-refractivity contribution in [1.82, 2.24) is 25.4 Å². The Morgan fingerprint density at radius 1 is 1.36 bits per heavy atom. The number of nitrogens with zero attached hydrogens (tertiary/aromatic N) is 4. The summed E-state index contributed by atoms with van der Waals surface area (Å²) in [5, 5.41) is 14.4. The van der Waals surface area contributed by atoms with Crippen molar-refractivity contribution in [1.29, 1.82) is 0 Å². The van der Waals surface area contributed by atoms with Gasteiger partial charge in [0.15, 0.2) is 11.8 Å². The number of hydrogen-bond acceptors (Lipinski definition) is 4. The van der Waals surface area contributed by atoms with Crippen molar-refractivity contribution in [2.75, 3.05) is 13.1 Å². The Balaban J connectivity index is 1.88. The molecule has 1 heterocycles. The molecular formula is C17H25FN6O. The minimum absolute atomic E-state index is 0.148. The van der Waals surface area contributed by atoms with Gasteiger partial charge in [0.1, 0.15) is 30.5 Å². The minimum Gasteiger partial charge on any atom is -0.489 e. The summed E-state index contributed by atoms with van der Waals surface area (Å²) in [5.41, 5.74) is 0. The zero-order valence-corrected chi connectivity index (χ0v) is 14.9. The Labute approximate surface area is 147 Å². The molecule has 1 aromatic heterocycles. The third-order valence-corrected chi connectivity index (χ3v) is 3.45. The van der Waals surface area contributed by atoms with Crippen molar-refractivity contribution >= 4 is 5.96 Å². The smallest absolute Gasteiger partial charge is 0.191 e. The Hall–Kier alpha value is -2.64. The third-order valence-electron chi connectivity index (χ3n) is 3.45. The highest BCUT2D eigenvalue weighted by Crippen LogP contribution is 2.13. The summed E-state index contributed by atoms with van der Waals surface area (Å²) in [5.74, 6) is 1.67. The summed E-state index contributed by atoms with van der Waals surface area (Å²) >= 11 is 0. The van der Waals surface area contributed by atoms with E-state index in [1.54, 1.807) is 18.5 Å². The quantitative estimate of drug-likeness (QED) is 0.563. The Morgan fingerprint density at radius 2 is 2.20 bits per heavy atom. The maximum Gasteiger partial charge on any atom is 0.191 e. The van der Waals surface area contributed by atoms with Crippen LogP contribution in [0.1, 0.15) is 26.6 Å². The van der Waals surface area contributed by atoms with E-state index in [9.17, 15) is 4.39 Å². The van der Waals surface area contributed by atoms with E-state index >= 15 is 0 Å². The minimum atomic E-state index is -0.312. The third kappa shape index (κ3) is 6.06. The normalized spacial score (nSPS) is 12.7. The Kier molecular flexibility index (Phi) is 7.18. The lowest BCUT2D eigenvalue weighted by atomic mass is 10.3. The molecule has 7 nitrogen and oxygen atoms in total. The van der Waals surface area contributed by atoms with Gasteiger partial charge in [-0.15, -0.1) is 10.2 Å². The monoisotopic (exact) mass is 348 g/mol. The number of hydrogen-bond donors (Lipinski definition) is 2. The van der Waals surface area contributed by atoms with Crippen LogP contribution in [0.2, 0.25) is 0 Å². The lowest BCUT2D eigenvalue weighted by molar-refractivity contribution is 0.223. The SMILES string of the molecule is CCNC(=NCc1nncn1CC)NCC(C)Oc1cccc(F)c1. The average molecular weight is 348 g/mol. The summed E-state index contributed by atoms with van der Waals surface area (Å²) in [6, 6.07) is 6.12. The first kappa shape index (κ1) is 18.7. The zero-order chi connectivity index (χ0) is 18.1. The standard InChI is InChI=1S/C17H25FN6O/c1-4-19-17(21-11-16-23-22-12-24(16)5-2)20-10-13(3)25-15-8-6-7-14(18)9-15/h6-9,12-13H,4-5,10-11H2,1-3H3,(H2,19,20,21). The van der Waals surface area contributed by atoms with Crippen LogP contribution in [0, 0.1) is 5.82 Å². The number of benzene rings is 1. The number of nitrogens with one attached hydrogen (secondary N) is 2. The van der Waals surface area contributed by atoms with Crippen LogP contribution in [0.3, 0.4) is 0 Å². The number of aliphatic imine (C=N–C) groups is 1. The molecule has 0 amide bonds. The van der Waals surface area contributed by atoms with Crippen LogP contribution in [0.25, 0.3) is 0 Å². The highest BCUT2D eigenvalue weighted by Gasteiger charge is 2.07. The highest BCUT2D eigenvalue weighted by atomic mass is 19.1. The van der Waals surface area contributed by atoms with Crippen LogP contribution in [-0.2, 0) is 13.1 Å². The first-order valence-electron chi connectivity index (χ1n) is 8.43. The van der Waals surface area contributed by atoms with Crippen molar-refractivity contribution in [2.24, 2.45) is 4.99 Å². The van der Waals surface area contributed by atoms with Crippen LogP contribution in [0.15, 0.2) is 35.6 Å². The van der Waals surface area contributed by atoms with Crippen LogP contribution in [-0.4, -0.2) is 39.9 Å². The molecule has 0 saturated carbocycles. The second kappa shape index (κ2) is 9.61. The van der Waals surface area contributed by atoms with Crippen molar-refractivity contribution in [3.8, 4) is 5.75 Å². The van der Waals surface area contributed by atoms with E-state index in [1.165, 1.54) is 12.1 Å². The first-order valence-corrected chi connectivity index (χ1v) is 8.43. The maximum absolute atomic E-state index is 13.2. The van der Waals surface area contributed by atoms with Crippen LogP contribution in [0.5, 0.6) is 5.75 Å². The van der Waals surface area contributed by atoms with E-state index in [4.69, 9.17) is 4.74 Å². The summed E-state index contributed by atoms with van der Waals surface area (Å²) in [4.78, 5) is 4.51. The van der Waals surface area contributed by atoms with Crippen molar-refractivity contribution in [3.63, 3.8) is 0 Å². The summed E-state index contributed by atoms with van der Waals surface area (Å²) in [6.45, 7) is 8.45. The van der Waals surface area contributed by atoms with Gasteiger partial charge in [-0.3, -0.25) is 0 Å². The van der Waals surface area contributed by atoms with Crippen LogP contribution >= 0.6 is 0 Å². The van der Waals surface area contributed by atoms with Crippen LogP contribution in [0.4, 0.5) is 4.39 Å². The van der Waals surface area contributed by atoms with Crippen molar-refractivity contribution < 1.29 is 9.13 Å². The molecule has 0 aliphatic heterocycles. The van der Waals surface area contributed by atoms with Gasteiger partial charge in [0.25, 0.3) is 0 Å². The number of aromatic nitrogens is 3. The van der Waals surface area contributed by atoms with E-state index in [0.29, 0.717) is 24.8 Å². The lowest BCUT2D eigenvalue weighted by Crippen LogP contribution is -2.41. The van der Waals surface area contributed by atoms with Gasteiger partial charge < -0.3 is 19.9 Å². The van der Waals surface area contributed by atoms with Gasteiger partial charge >= 0.3 is 0 Å². The molecule has 1 unspecified atom stereocenters. The Morgan fingerprint density at radius 3 is 2.92 bits per heavy atom. The number of aryl methyl sites for hydroxylation is 1. The van der Waals surface area contributed by atoms with E-state index in [2.05, 4.69) is 25.8 Å². The fraction of sp³-hybridized carbons (Fsp3) is 0.471. The van der Waals surface area contributed by atoms with E-state index < -0.39 is 0 Å². The molecule has 0 fully saturated rings. The number of ether oxygens (including phenoxy) is 1. The van der Waals surface area contributed by atoms with Gasteiger partial charge in [-0.25, -0.2) is 9.38 Å². The van der Waals surface area contributed by atoms with Crippen molar-refractivity contribution in [3.05, 3.63) is 42.2 Å². The zero-order valence-electron chi connectivity index (χ0n) is 14.9. The average Bonchev–Trinajstić information content (AvgIpc) is 3.05. The van der Waals surface area contributed by atoms with Gasteiger partial charge in [0.2, 0.25) is 0 Å². The largest absolute Gasteiger partial charge is 0.489 e. The van der Waals surface area contributed by atoms with E-state index in [0.717, 1.165) is 18.9 Å². The summed E-state index contributed by atoms with van der Waals surface area (Å²) < 4.78 is 20.8. The van der Waals surface area contributed by atoms with E-state index in [-0.39, 0.29) is 11.9 Å². The molecule has 0 spiro atoms. The molecule has 0 bridgehead atoms. The molecule has 8 heteroatoms. The molecule has 0 radical (unpaired) electrons. The molecule has 1 aromatic carbocycles. The Bertz CT molecular complexity index is 687. The van der Waals surface area contributed by atoms with Gasteiger partial charge in [-0.05, 0) is 32.9 Å². The molecule has 0 aliphatic carbocycles. The second-order valence-corrected chi connectivity index (χ2v) is 5.50. The molecule has 25 heavy (non-hydrogen) atoms. The van der Waals surface area contributed by atoms with Gasteiger partial charge in [-0.1, -0.05) is 6.07 Å². The molecule has 2 aromatic rings. The predicted octanol–water partition coefficient (Wildman–Crippen LogP) is 1.96. The predicted molar refractivity (Wildman–Crippen MR) is 95.0 cm³/mol. The molecule has 0 saturated heterocycles. The first-order chi connectivity index (χ1) is 12.1. The molecule has 2 N–H and O–H groups in total. The topological polar surface area (TPSA) is 76.4 Å². The molecular weight excluding hydrogens is 323 g/mol. The maximum atomic E-state index is 13.2. The highest BCUT2D eigenvalue weighted by molar-refractivity contribution is 5.79. The fourth-order valence-electron chi connectivity index (χ4n) is 2.21. The molecule has 1 atom stereocenters. The van der Waals surface area contributed by atoms with E-state index in [1.807, 2.05) is 25.3 Å². The number of guanidine groups is 1. The fourth-order valence-corrected chi connectivity index (χ4v) is 2.21. The van der Waals surface area contributed by atoms with Gasteiger partial charge in [0, 0.05) is 19.2 Å². The van der Waals surface area contributed by atoms with Crippen LogP contribution < -0.4 is 15.4 Å². The molecule has 136 valence electrons. The summed E-state index contributed by atoms with van der Waals surface area (Å²) in [7, 11) is 0.